The van der Waals surface area contributed by atoms with Crippen LogP contribution in [-0.4, -0.2) is 23.3 Å². The summed E-state index contributed by atoms with van der Waals surface area (Å²) in [4.78, 5) is 8.50. The van der Waals surface area contributed by atoms with Gasteiger partial charge in [-0.3, -0.25) is 0 Å². The maximum atomic E-state index is 6.03. The van der Waals surface area contributed by atoms with E-state index in [4.69, 9.17) is 16.3 Å². The van der Waals surface area contributed by atoms with E-state index in [9.17, 15) is 0 Å². The molecule has 78 valence electrons. The lowest BCUT2D eigenvalue weighted by Crippen LogP contribution is -1.90. The summed E-state index contributed by atoms with van der Waals surface area (Å²) in [6.45, 7) is 0. The summed E-state index contributed by atoms with van der Waals surface area (Å²) in [5.74, 6) is 0.768. The van der Waals surface area contributed by atoms with Gasteiger partial charge in [0.05, 0.1) is 12.6 Å². The Balaban J connectivity index is 2.69. The Bertz CT molecular complexity index is 499. The molecule has 0 unspecified atom stereocenters. The smallest absolute Gasteiger partial charge is 0.189 e. The molecule has 0 aliphatic carbocycles. The standard InChI is InChI=1S/C10H9ClN2OS/c1-14-6-3-4-7-8(5-6)12-10(15-2)13-9(7)11/h3-5H,1-2H3. The molecule has 0 amide bonds. The largest absolute Gasteiger partial charge is 0.497 e. The maximum Gasteiger partial charge on any atom is 0.189 e. The summed E-state index contributed by atoms with van der Waals surface area (Å²) in [7, 11) is 1.62. The normalized spacial score (nSPS) is 10.6. The maximum absolute atomic E-state index is 6.03. The highest BCUT2D eigenvalue weighted by Crippen LogP contribution is 2.26. The van der Waals surface area contributed by atoms with Gasteiger partial charge in [0.2, 0.25) is 0 Å². The van der Waals surface area contributed by atoms with Crippen LogP contribution in [0.3, 0.4) is 0 Å². The van der Waals surface area contributed by atoms with E-state index in [1.807, 2.05) is 24.5 Å². The molecule has 0 aliphatic heterocycles. The van der Waals surface area contributed by atoms with Crippen molar-refractivity contribution in [2.75, 3.05) is 13.4 Å². The number of hydrogen-bond acceptors (Lipinski definition) is 4. The van der Waals surface area contributed by atoms with E-state index < -0.39 is 0 Å². The molecule has 5 heteroatoms. The van der Waals surface area contributed by atoms with E-state index in [1.54, 1.807) is 7.11 Å². The Morgan fingerprint density at radius 2 is 2.13 bits per heavy atom. The molecule has 2 aromatic rings. The fourth-order valence-corrected chi connectivity index (χ4v) is 1.93. The van der Waals surface area contributed by atoms with E-state index in [1.165, 1.54) is 11.8 Å². The molecule has 1 heterocycles. The minimum atomic E-state index is 0.479. The lowest BCUT2D eigenvalue weighted by Gasteiger charge is -2.04. The number of ether oxygens (including phenoxy) is 1. The molecule has 15 heavy (non-hydrogen) atoms. The van der Waals surface area contributed by atoms with Crippen LogP contribution in [0.4, 0.5) is 0 Å². The fourth-order valence-electron chi connectivity index (χ4n) is 1.27. The number of nitrogens with zero attached hydrogens (tertiary/aromatic N) is 2. The molecule has 0 saturated heterocycles. The predicted molar refractivity (Wildman–Crippen MR) is 62.9 cm³/mol. The highest BCUT2D eigenvalue weighted by Gasteiger charge is 2.06. The van der Waals surface area contributed by atoms with Crippen molar-refractivity contribution in [3.05, 3.63) is 23.4 Å². The minimum absolute atomic E-state index is 0.479. The van der Waals surface area contributed by atoms with E-state index >= 15 is 0 Å². The van der Waals surface area contributed by atoms with Crippen molar-refractivity contribution in [3.63, 3.8) is 0 Å². The molecule has 0 N–H and O–H groups in total. The summed E-state index contributed by atoms with van der Waals surface area (Å²) >= 11 is 7.50. The van der Waals surface area contributed by atoms with E-state index in [0.29, 0.717) is 10.3 Å². The summed E-state index contributed by atoms with van der Waals surface area (Å²) in [5.41, 5.74) is 0.804. The van der Waals surface area contributed by atoms with Gasteiger partial charge >= 0.3 is 0 Å². The number of thioether (sulfide) groups is 1. The molecule has 0 bridgehead atoms. The highest BCUT2D eigenvalue weighted by atomic mass is 35.5. The van der Waals surface area contributed by atoms with Crippen LogP contribution in [0.2, 0.25) is 5.15 Å². The van der Waals surface area contributed by atoms with Gasteiger partial charge in [0.25, 0.3) is 0 Å². The number of fused-ring (bicyclic) bond motifs is 1. The van der Waals surface area contributed by atoms with Gasteiger partial charge in [0, 0.05) is 11.5 Å². The second-order valence-electron chi connectivity index (χ2n) is 2.88. The van der Waals surface area contributed by atoms with Gasteiger partial charge in [0.15, 0.2) is 5.16 Å². The number of halogens is 1. The van der Waals surface area contributed by atoms with Crippen LogP contribution in [0.25, 0.3) is 10.9 Å². The minimum Gasteiger partial charge on any atom is -0.497 e. The van der Waals surface area contributed by atoms with Crippen LogP contribution in [0.5, 0.6) is 5.75 Å². The van der Waals surface area contributed by atoms with Gasteiger partial charge in [-0.25, -0.2) is 9.97 Å². The van der Waals surface area contributed by atoms with Crippen LogP contribution >= 0.6 is 23.4 Å². The van der Waals surface area contributed by atoms with Crippen molar-refractivity contribution < 1.29 is 4.74 Å². The van der Waals surface area contributed by atoms with Crippen LogP contribution < -0.4 is 4.74 Å². The van der Waals surface area contributed by atoms with Crippen molar-refractivity contribution in [1.29, 1.82) is 0 Å². The van der Waals surface area contributed by atoms with Crippen LogP contribution in [0.1, 0.15) is 0 Å². The molecule has 0 atom stereocenters. The fraction of sp³-hybridized carbons (Fsp3) is 0.200. The van der Waals surface area contributed by atoms with E-state index in [-0.39, 0.29) is 0 Å². The van der Waals surface area contributed by atoms with Crippen molar-refractivity contribution in [2.45, 2.75) is 5.16 Å². The number of rotatable bonds is 2. The van der Waals surface area contributed by atoms with Gasteiger partial charge in [-0.1, -0.05) is 23.4 Å². The number of aromatic nitrogens is 2. The second-order valence-corrected chi connectivity index (χ2v) is 4.02. The van der Waals surface area contributed by atoms with Gasteiger partial charge < -0.3 is 4.74 Å². The quantitative estimate of drug-likeness (QED) is 0.459. The molecule has 0 saturated carbocycles. The number of hydrogen-bond donors (Lipinski definition) is 0. The molecular weight excluding hydrogens is 232 g/mol. The topological polar surface area (TPSA) is 35.0 Å². The van der Waals surface area contributed by atoms with E-state index in [2.05, 4.69) is 9.97 Å². The van der Waals surface area contributed by atoms with Crippen LogP contribution in [-0.2, 0) is 0 Å². The Morgan fingerprint density at radius 1 is 1.33 bits per heavy atom. The summed E-state index contributed by atoms with van der Waals surface area (Å²) in [6, 6.07) is 5.56. The molecule has 1 aromatic carbocycles. The van der Waals surface area contributed by atoms with Gasteiger partial charge in [0.1, 0.15) is 10.9 Å². The third-order valence-corrected chi connectivity index (χ3v) is 2.86. The summed E-state index contributed by atoms with van der Waals surface area (Å²) in [5, 5.41) is 1.99. The second kappa shape index (κ2) is 4.24. The molecule has 0 aliphatic rings. The first kappa shape index (κ1) is 10.5. The molecule has 0 fully saturated rings. The SMILES string of the molecule is COc1ccc2c(Cl)nc(SC)nc2c1. The van der Waals surface area contributed by atoms with E-state index in [0.717, 1.165) is 16.7 Å². The van der Waals surface area contributed by atoms with Crippen molar-refractivity contribution >= 4 is 34.3 Å². The van der Waals surface area contributed by atoms with Crippen molar-refractivity contribution in [2.24, 2.45) is 0 Å². The first-order chi connectivity index (χ1) is 7.24. The number of methoxy groups -OCH3 is 1. The molecular formula is C10H9ClN2OS. The molecule has 0 spiro atoms. The van der Waals surface area contributed by atoms with Gasteiger partial charge in [-0.15, -0.1) is 0 Å². The summed E-state index contributed by atoms with van der Waals surface area (Å²) in [6.07, 6.45) is 1.91. The summed E-state index contributed by atoms with van der Waals surface area (Å²) < 4.78 is 5.13. The Labute approximate surface area is 96.8 Å². The molecule has 2 rings (SSSR count). The van der Waals surface area contributed by atoms with Crippen LogP contribution in [0, 0.1) is 0 Å². The van der Waals surface area contributed by atoms with Gasteiger partial charge in [-0.2, -0.15) is 0 Å². The molecule has 1 aromatic heterocycles. The third-order valence-electron chi connectivity index (χ3n) is 2.02. The lowest BCUT2D eigenvalue weighted by molar-refractivity contribution is 0.415. The van der Waals surface area contributed by atoms with Crippen molar-refractivity contribution in [3.8, 4) is 5.75 Å². The molecule has 3 nitrogen and oxygen atoms in total. The average Bonchev–Trinajstić information content (AvgIpc) is 2.28. The Morgan fingerprint density at radius 3 is 2.80 bits per heavy atom. The first-order valence-electron chi connectivity index (χ1n) is 4.30. The van der Waals surface area contributed by atoms with Crippen molar-refractivity contribution in [1.82, 2.24) is 9.97 Å². The highest BCUT2D eigenvalue weighted by molar-refractivity contribution is 7.98. The van der Waals surface area contributed by atoms with Crippen LogP contribution in [0.15, 0.2) is 23.4 Å². The zero-order chi connectivity index (χ0) is 10.8. The van der Waals surface area contributed by atoms with Gasteiger partial charge in [-0.05, 0) is 18.4 Å². The number of benzene rings is 1. The first-order valence-corrected chi connectivity index (χ1v) is 5.90. The average molecular weight is 241 g/mol. The third kappa shape index (κ3) is 2.01. The monoisotopic (exact) mass is 240 g/mol. The zero-order valence-electron chi connectivity index (χ0n) is 8.32. The Kier molecular flexibility index (Phi) is 2.98. The predicted octanol–water partition coefficient (Wildman–Crippen LogP) is 3.01. The Hall–Kier alpha value is -1.00. The molecule has 0 radical (unpaired) electrons. The lowest BCUT2D eigenvalue weighted by atomic mass is 10.2. The zero-order valence-corrected chi connectivity index (χ0v) is 9.89.